The number of H-pyrrole nitrogens is 1. The zero-order valence-corrected chi connectivity index (χ0v) is 16.3. The van der Waals surface area contributed by atoms with Gasteiger partial charge in [-0.05, 0) is 42.7 Å². The monoisotopic (exact) mass is 377 g/mol. The number of nitrogens with zero attached hydrogens (tertiary/aromatic N) is 2. The van der Waals surface area contributed by atoms with E-state index in [1.165, 1.54) is 11.1 Å². The largest absolute Gasteiger partial charge is 0.493 e. The molecule has 1 aliphatic heterocycles. The van der Waals surface area contributed by atoms with Crippen LogP contribution < -0.4 is 15.4 Å². The van der Waals surface area contributed by atoms with E-state index in [9.17, 15) is 0 Å². The predicted octanol–water partition coefficient (Wildman–Crippen LogP) is 2.84. The van der Waals surface area contributed by atoms with Gasteiger partial charge in [0.2, 0.25) is 0 Å². The lowest BCUT2D eigenvalue weighted by atomic mass is 10.1. The molecule has 0 unspecified atom stereocenters. The molecule has 2 heterocycles. The van der Waals surface area contributed by atoms with Crippen molar-refractivity contribution in [3.8, 4) is 5.75 Å². The fourth-order valence-corrected chi connectivity index (χ4v) is 3.46. The van der Waals surface area contributed by atoms with Gasteiger partial charge in [-0.1, -0.05) is 24.3 Å². The number of imidazole rings is 1. The number of benzene rings is 2. The number of ether oxygens (including phenoxy) is 1. The van der Waals surface area contributed by atoms with Crippen LogP contribution in [0, 0.1) is 0 Å². The van der Waals surface area contributed by atoms with Crippen molar-refractivity contribution in [2.24, 2.45) is 4.99 Å². The van der Waals surface area contributed by atoms with Crippen molar-refractivity contribution in [1.82, 2.24) is 20.6 Å². The lowest BCUT2D eigenvalue weighted by molar-refractivity contribution is 0.357. The SMILES string of the molecule is CCNC(=NCCc1nc2ccccc2[nH]1)NCCc1ccc2c(c1)CCO2. The van der Waals surface area contributed by atoms with Gasteiger partial charge in [0.25, 0.3) is 0 Å². The fraction of sp³-hybridized carbons (Fsp3) is 0.364. The van der Waals surface area contributed by atoms with Gasteiger partial charge in [0.05, 0.1) is 17.6 Å². The van der Waals surface area contributed by atoms with Gasteiger partial charge in [-0.2, -0.15) is 0 Å². The molecule has 0 fully saturated rings. The van der Waals surface area contributed by atoms with Crippen LogP contribution in [0.15, 0.2) is 47.5 Å². The third-order valence-electron chi connectivity index (χ3n) is 4.86. The zero-order valence-electron chi connectivity index (χ0n) is 16.3. The molecular formula is C22H27N5O. The van der Waals surface area contributed by atoms with E-state index in [1.807, 2.05) is 24.3 Å². The minimum Gasteiger partial charge on any atom is -0.493 e. The number of nitrogens with one attached hydrogen (secondary N) is 3. The molecule has 6 nitrogen and oxygen atoms in total. The molecule has 0 amide bonds. The summed E-state index contributed by atoms with van der Waals surface area (Å²) in [6, 6.07) is 14.6. The Kier molecular flexibility index (Phi) is 5.75. The lowest BCUT2D eigenvalue weighted by Gasteiger charge is -2.11. The Balaban J connectivity index is 1.29. The second kappa shape index (κ2) is 8.78. The van der Waals surface area contributed by atoms with Crippen molar-refractivity contribution in [2.75, 3.05) is 26.2 Å². The number of aromatic amines is 1. The molecule has 0 radical (unpaired) electrons. The third-order valence-corrected chi connectivity index (χ3v) is 4.86. The molecule has 2 aromatic carbocycles. The summed E-state index contributed by atoms with van der Waals surface area (Å²) >= 11 is 0. The summed E-state index contributed by atoms with van der Waals surface area (Å²) in [6.45, 7) is 5.25. The van der Waals surface area contributed by atoms with E-state index in [0.717, 1.165) is 67.5 Å². The molecule has 3 N–H and O–H groups in total. The molecule has 1 aliphatic rings. The average Bonchev–Trinajstić information content (AvgIpc) is 3.33. The molecule has 0 aliphatic carbocycles. The normalized spacial score (nSPS) is 13.4. The molecule has 0 atom stereocenters. The van der Waals surface area contributed by atoms with Crippen molar-refractivity contribution < 1.29 is 4.74 Å². The number of hydrogen-bond acceptors (Lipinski definition) is 3. The minimum atomic E-state index is 0.686. The van der Waals surface area contributed by atoms with Crippen LogP contribution in [0.5, 0.6) is 5.75 Å². The van der Waals surface area contributed by atoms with E-state index in [-0.39, 0.29) is 0 Å². The minimum absolute atomic E-state index is 0.686. The number of hydrogen-bond donors (Lipinski definition) is 3. The van der Waals surface area contributed by atoms with Crippen molar-refractivity contribution in [3.63, 3.8) is 0 Å². The van der Waals surface area contributed by atoms with Crippen LogP contribution in [-0.4, -0.2) is 42.2 Å². The first kappa shape index (κ1) is 18.3. The van der Waals surface area contributed by atoms with Gasteiger partial charge < -0.3 is 20.4 Å². The van der Waals surface area contributed by atoms with Crippen LogP contribution in [0.2, 0.25) is 0 Å². The summed E-state index contributed by atoms with van der Waals surface area (Å²) in [5, 5.41) is 6.74. The van der Waals surface area contributed by atoms with Gasteiger partial charge in [0, 0.05) is 32.5 Å². The van der Waals surface area contributed by atoms with Gasteiger partial charge in [0.15, 0.2) is 5.96 Å². The van der Waals surface area contributed by atoms with Crippen LogP contribution in [0.1, 0.15) is 23.9 Å². The predicted molar refractivity (Wildman–Crippen MR) is 113 cm³/mol. The van der Waals surface area contributed by atoms with Crippen LogP contribution in [-0.2, 0) is 19.3 Å². The molecule has 0 saturated heterocycles. The van der Waals surface area contributed by atoms with Crippen molar-refractivity contribution in [2.45, 2.75) is 26.2 Å². The van der Waals surface area contributed by atoms with E-state index in [1.54, 1.807) is 0 Å². The summed E-state index contributed by atoms with van der Waals surface area (Å²) in [6.07, 6.45) is 2.76. The Bertz CT molecular complexity index is 929. The van der Waals surface area contributed by atoms with E-state index in [0.29, 0.717) is 6.54 Å². The topological polar surface area (TPSA) is 74.3 Å². The zero-order chi connectivity index (χ0) is 19.2. The highest BCUT2D eigenvalue weighted by Gasteiger charge is 2.11. The number of para-hydroxylation sites is 2. The molecule has 0 saturated carbocycles. The first-order valence-electron chi connectivity index (χ1n) is 10.0. The molecule has 6 heteroatoms. The maximum absolute atomic E-state index is 5.58. The Morgan fingerprint density at radius 3 is 3.00 bits per heavy atom. The summed E-state index contributed by atoms with van der Waals surface area (Å²) in [7, 11) is 0. The summed E-state index contributed by atoms with van der Waals surface area (Å²) < 4.78 is 5.58. The van der Waals surface area contributed by atoms with Gasteiger partial charge >= 0.3 is 0 Å². The van der Waals surface area contributed by atoms with Crippen LogP contribution >= 0.6 is 0 Å². The standard InChI is InChI=1S/C22H27N5O/c1-2-23-22(24-12-9-16-7-8-20-17(15-16)11-14-28-20)25-13-10-21-26-18-5-3-4-6-19(18)27-21/h3-8,15H,2,9-14H2,1H3,(H,26,27)(H2,23,24,25). The maximum Gasteiger partial charge on any atom is 0.191 e. The van der Waals surface area contributed by atoms with Crippen molar-refractivity contribution in [3.05, 3.63) is 59.4 Å². The Labute approximate surface area is 165 Å². The van der Waals surface area contributed by atoms with Crippen LogP contribution in [0.25, 0.3) is 11.0 Å². The number of aliphatic imine (C=N–C) groups is 1. The first-order valence-corrected chi connectivity index (χ1v) is 10.0. The van der Waals surface area contributed by atoms with E-state index in [2.05, 4.69) is 50.7 Å². The molecule has 4 rings (SSSR count). The highest BCUT2D eigenvalue weighted by molar-refractivity contribution is 5.79. The first-order chi connectivity index (χ1) is 13.8. The molecular weight excluding hydrogens is 350 g/mol. The summed E-state index contributed by atoms with van der Waals surface area (Å²) in [5.41, 5.74) is 4.73. The van der Waals surface area contributed by atoms with Crippen LogP contribution in [0.4, 0.5) is 0 Å². The smallest absolute Gasteiger partial charge is 0.191 e. The fourth-order valence-electron chi connectivity index (χ4n) is 3.46. The number of rotatable bonds is 7. The Morgan fingerprint density at radius 2 is 2.11 bits per heavy atom. The van der Waals surface area contributed by atoms with E-state index in [4.69, 9.17) is 4.74 Å². The number of fused-ring (bicyclic) bond motifs is 2. The molecule has 0 spiro atoms. The average molecular weight is 377 g/mol. The van der Waals surface area contributed by atoms with E-state index >= 15 is 0 Å². The Morgan fingerprint density at radius 1 is 1.18 bits per heavy atom. The van der Waals surface area contributed by atoms with Crippen molar-refractivity contribution >= 4 is 17.0 Å². The highest BCUT2D eigenvalue weighted by Crippen LogP contribution is 2.25. The second-order valence-corrected chi connectivity index (χ2v) is 6.93. The summed E-state index contributed by atoms with van der Waals surface area (Å²) in [5.74, 6) is 2.86. The van der Waals surface area contributed by atoms with Gasteiger partial charge in [0.1, 0.15) is 11.6 Å². The van der Waals surface area contributed by atoms with Gasteiger partial charge in [-0.25, -0.2) is 4.98 Å². The quantitative estimate of drug-likeness (QED) is 0.437. The van der Waals surface area contributed by atoms with Crippen LogP contribution in [0.3, 0.4) is 0 Å². The van der Waals surface area contributed by atoms with Crippen molar-refractivity contribution in [1.29, 1.82) is 0 Å². The van der Waals surface area contributed by atoms with E-state index < -0.39 is 0 Å². The highest BCUT2D eigenvalue weighted by atomic mass is 16.5. The Hall–Kier alpha value is -3.02. The third kappa shape index (κ3) is 4.44. The summed E-state index contributed by atoms with van der Waals surface area (Å²) in [4.78, 5) is 12.6. The number of aromatic nitrogens is 2. The molecule has 0 bridgehead atoms. The maximum atomic E-state index is 5.58. The number of guanidine groups is 1. The molecule has 1 aromatic heterocycles. The second-order valence-electron chi connectivity index (χ2n) is 6.93. The lowest BCUT2D eigenvalue weighted by Crippen LogP contribution is -2.38. The molecule has 28 heavy (non-hydrogen) atoms. The molecule has 146 valence electrons. The molecule has 3 aromatic rings. The van der Waals surface area contributed by atoms with Gasteiger partial charge in [-0.15, -0.1) is 0 Å². The van der Waals surface area contributed by atoms with Gasteiger partial charge in [-0.3, -0.25) is 4.99 Å².